The fraction of sp³-hybridized carbons (Fsp3) is 0.533. The number of aryl methyl sites for hydroxylation is 3. The van der Waals surface area contributed by atoms with E-state index in [0.29, 0.717) is 26.2 Å². The normalized spacial score (nSPS) is 18.7. The van der Waals surface area contributed by atoms with E-state index in [1.165, 1.54) is 0 Å². The molecule has 0 spiro atoms. The number of amides is 1. The molecule has 0 bridgehead atoms. The topological polar surface area (TPSA) is 65.2 Å². The molecule has 1 saturated heterocycles. The molecule has 1 amide bonds. The summed E-state index contributed by atoms with van der Waals surface area (Å²) in [5.74, 6) is 1.80. The monoisotopic (exact) mass is 303 g/mol. The number of imidazole rings is 2. The van der Waals surface area contributed by atoms with Crippen LogP contribution < -0.4 is 0 Å². The van der Waals surface area contributed by atoms with Crippen LogP contribution in [0.15, 0.2) is 18.6 Å². The molecule has 3 rings (SSSR count). The third-order valence-electron chi connectivity index (χ3n) is 3.97. The predicted molar refractivity (Wildman–Crippen MR) is 80.2 cm³/mol. The van der Waals surface area contributed by atoms with Crippen molar-refractivity contribution in [1.29, 1.82) is 0 Å². The number of rotatable bonds is 3. The Morgan fingerprint density at radius 1 is 1.45 bits per heavy atom. The van der Waals surface area contributed by atoms with Crippen LogP contribution in [0, 0.1) is 13.8 Å². The molecule has 22 heavy (non-hydrogen) atoms. The molecule has 0 aliphatic carbocycles. The van der Waals surface area contributed by atoms with Gasteiger partial charge >= 0.3 is 0 Å². The first kappa shape index (κ1) is 14.8. The van der Waals surface area contributed by atoms with Crippen molar-refractivity contribution in [3.05, 3.63) is 35.9 Å². The molecule has 0 saturated carbocycles. The zero-order valence-corrected chi connectivity index (χ0v) is 13.2. The summed E-state index contributed by atoms with van der Waals surface area (Å²) < 4.78 is 9.63. The molecule has 2 aromatic rings. The number of carbonyl (C=O) groups excluding carboxylic acids is 1. The lowest BCUT2D eigenvalue weighted by Gasteiger charge is -2.32. The average molecular weight is 303 g/mol. The van der Waals surface area contributed by atoms with Gasteiger partial charge in [0.25, 0.3) is 0 Å². The van der Waals surface area contributed by atoms with E-state index < -0.39 is 0 Å². The number of nitrogens with zero attached hydrogens (tertiary/aromatic N) is 5. The molecule has 2 aromatic heterocycles. The van der Waals surface area contributed by atoms with Crippen LogP contribution in [0.1, 0.15) is 23.4 Å². The molecule has 0 N–H and O–H groups in total. The Balaban J connectivity index is 1.69. The summed E-state index contributed by atoms with van der Waals surface area (Å²) in [6.07, 6.45) is 5.34. The van der Waals surface area contributed by atoms with Crippen LogP contribution in [0.4, 0.5) is 0 Å². The molecule has 118 valence electrons. The quantitative estimate of drug-likeness (QED) is 0.842. The van der Waals surface area contributed by atoms with Crippen molar-refractivity contribution >= 4 is 5.91 Å². The SMILES string of the molecule is Cc1cn(C)c([C@H]2CN(C(=O)Cn3ccnc3C)CCO2)n1. The molecule has 0 aromatic carbocycles. The lowest BCUT2D eigenvalue weighted by atomic mass is 10.2. The van der Waals surface area contributed by atoms with Gasteiger partial charge in [-0.25, -0.2) is 9.97 Å². The van der Waals surface area contributed by atoms with Gasteiger partial charge in [0.15, 0.2) is 0 Å². The lowest BCUT2D eigenvalue weighted by molar-refractivity contribution is -0.140. The van der Waals surface area contributed by atoms with Gasteiger partial charge in [0, 0.05) is 32.2 Å². The molecule has 0 radical (unpaired) electrons. The van der Waals surface area contributed by atoms with Crippen LogP contribution in [0.3, 0.4) is 0 Å². The van der Waals surface area contributed by atoms with Gasteiger partial charge in [0.05, 0.1) is 18.8 Å². The van der Waals surface area contributed by atoms with E-state index >= 15 is 0 Å². The maximum absolute atomic E-state index is 12.5. The largest absolute Gasteiger partial charge is 0.367 e. The molecular formula is C15H21N5O2. The molecule has 1 aliphatic rings. The van der Waals surface area contributed by atoms with E-state index in [9.17, 15) is 4.79 Å². The molecule has 0 unspecified atom stereocenters. The fourth-order valence-electron chi connectivity index (χ4n) is 2.78. The highest BCUT2D eigenvalue weighted by Gasteiger charge is 2.28. The number of morpholine rings is 1. The lowest BCUT2D eigenvalue weighted by Crippen LogP contribution is -2.44. The maximum atomic E-state index is 12.5. The minimum absolute atomic E-state index is 0.0836. The molecule has 7 nitrogen and oxygen atoms in total. The minimum atomic E-state index is -0.166. The van der Waals surface area contributed by atoms with E-state index in [1.807, 2.05) is 47.3 Å². The highest BCUT2D eigenvalue weighted by Crippen LogP contribution is 2.21. The maximum Gasteiger partial charge on any atom is 0.242 e. The second kappa shape index (κ2) is 5.92. The van der Waals surface area contributed by atoms with Gasteiger partial charge in [0.2, 0.25) is 5.91 Å². The summed E-state index contributed by atoms with van der Waals surface area (Å²) in [5.41, 5.74) is 0.957. The summed E-state index contributed by atoms with van der Waals surface area (Å²) in [7, 11) is 1.95. The third kappa shape index (κ3) is 2.89. The van der Waals surface area contributed by atoms with Crippen molar-refractivity contribution < 1.29 is 9.53 Å². The summed E-state index contributed by atoms with van der Waals surface area (Å²) >= 11 is 0. The van der Waals surface area contributed by atoms with Gasteiger partial charge in [-0.2, -0.15) is 0 Å². The van der Waals surface area contributed by atoms with E-state index in [1.54, 1.807) is 6.20 Å². The fourth-order valence-corrected chi connectivity index (χ4v) is 2.78. The summed E-state index contributed by atoms with van der Waals surface area (Å²) in [5, 5.41) is 0. The number of carbonyl (C=O) groups is 1. The molecule has 3 heterocycles. The van der Waals surface area contributed by atoms with Crippen molar-refractivity contribution in [3.8, 4) is 0 Å². The van der Waals surface area contributed by atoms with Crippen LogP contribution in [0.25, 0.3) is 0 Å². The molecule has 1 fully saturated rings. The van der Waals surface area contributed by atoms with E-state index in [-0.39, 0.29) is 12.0 Å². The van der Waals surface area contributed by atoms with Crippen molar-refractivity contribution in [2.45, 2.75) is 26.5 Å². The first-order chi connectivity index (χ1) is 10.5. The van der Waals surface area contributed by atoms with Gasteiger partial charge in [-0.3, -0.25) is 4.79 Å². The van der Waals surface area contributed by atoms with Crippen LogP contribution in [0.2, 0.25) is 0 Å². The predicted octanol–water partition coefficient (Wildman–Crippen LogP) is 0.834. The zero-order valence-electron chi connectivity index (χ0n) is 13.2. The van der Waals surface area contributed by atoms with Gasteiger partial charge in [0.1, 0.15) is 24.3 Å². The highest BCUT2D eigenvalue weighted by molar-refractivity contribution is 5.76. The number of hydrogen-bond donors (Lipinski definition) is 0. The Morgan fingerprint density at radius 3 is 2.91 bits per heavy atom. The second-order valence-corrected chi connectivity index (χ2v) is 5.65. The van der Waals surface area contributed by atoms with Gasteiger partial charge in [-0.05, 0) is 13.8 Å². The third-order valence-corrected chi connectivity index (χ3v) is 3.97. The number of ether oxygens (including phenoxy) is 1. The van der Waals surface area contributed by atoms with Crippen molar-refractivity contribution in [1.82, 2.24) is 24.0 Å². The Morgan fingerprint density at radius 2 is 2.27 bits per heavy atom. The van der Waals surface area contributed by atoms with Crippen molar-refractivity contribution in [2.24, 2.45) is 7.05 Å². The van der Waals surface area contributed by atoms with Gasteiger partial charge in [-0.1, -0.05) is 0 Å². The van der Waals surface area contributed by atoms with E-state index in [0.717, 1.165) is 17.3 Å². The van der Waals surface area contributed by atoms with Crippen molar-refractivity contribution in [3.63, 3.8) is 0 Å². The number of aromatic nitrogens is 4. The van der Waals surface area contributed by atoms with Gasteiger partial charge < -0.3 is 18.8 Å². The Labute approximate surface area is 129 Å². The Bertz CT molecular complexity index is 675. The van der Waals surface area contributed by atoms with Crippen LogP contribution in [-0.4, -0.2) is 49.6 Å². The molecule has 1 atom stereocenters. The molecule has 1 aliphatic heterocycles. The Kier molecular flexibility index (Phi) is 3.98. The summed E-state index contributed by atoms with van der Waals surface area (Å²) in [4.78, 5) is 23.0. The molecular weight excluding hydrogens is 282 g/mol. The minimum Gasteiger partial charge on any atom is -0.367 e. The van der Waals surface area contributed by atoms with Crippen molar-refractivity contribution in [2.75, 3.05) is 19.7 Å². The zero-order chi connectivity index (χ0) is 15.7. The summed E-state index contributed by atoms with van der Waals surface area (Å²) in [6.45, 7) is 5.86. The van der Waals surface area contributed by atoms with E-state index in [4.69, 9.17) is 4.74 Å². The van der Waals surface area contributed by atoms with Gasteiger partial charge in [-0.15, -0.1) is 0 Å². The van der Waals surface area contributed by atoms with E-state index in [2.05, 4.69) is 9.97 Å². The van der Waals surface area contributed by atoms with Crippen LogP contribution in [0.5, 0.6) is 0 Å². The average Bonchev–Trinajstić information content (AvgIpc) is 3.05. The van der Waals surface area contributed by atoms with Crippen LogP contribution >= 0.6 is 0 Å². The standard InChI is InChI=1S/C15H21N5O2/c1-11-8-18(3)15(17-11)13-9-20(6-7-22-13)14(21)10-19-5-4-16-12(19)2/h4-5,8,13H,6-7,9-10H2,1-3H3/t13-/m1/s1. The highest BCUT2D eigenvalue weighted by atomic mass is 16.5. The van der Waals surface area contributed by atoms with Crippen LogP contribution in [-0.2, 0) is 23.1 Å². The summed E-state index contributed by atoms with van der Waals surface area (Å²) in [6, 6.07) is 0. The second-order valence-electron chi connectivity index (χ2n) is 5.65. The number of hydrogen-bond acceptors (Lipinski definition) is 4. The molecule has 7 heteroatoms. The first-order valence-electron chi connectivity index (χ1n) is 7.41. The Hall–Kier alpha value is -2.15. The first-order valence-corrected chi connectivity index (χ1v) is 7.41. The smallest absolute Gasteiger partial charge is 0.242 e.